The van der Waals surface area contributed by atoms with Crippen molar-refractivity contribution >= 4 is 11.9 Å². The van der Waals surface area contributed by atoms with Crippen molar-refractivity contribution in [3.63, 3.8) is 0 Å². The lowest BCUT2D eigenvalue weighted by Gasteiger charge is -2.01. The van der Waals surface area contributed by atoms with E-state index in [1.54, 1.807) is 21.0 Å². The molecule has 0 saturated carbocycles. The summed E-state index contributed by atoms with van der Waals surface area (Å²) in [7, 11) is 1.55. The summed E-state index contributed by atoms with van der Waals surface area (Å²) in [6.45, 7) is 9.40. The first-order valence-electron chi connectivity index (χ1n) is 4.90. The van der Waals surface area contributed by atoms with Gasteiger partial charge in [0.15, 0.2) is 0 Å². The van der Waals surface area contributed by atoms with Crippen LogP contribution in [0.3, 0.4) is 0 Å². The number of carbonyl (C=O) groups excluding carboxylic acids is 2. The predicted octanol–water partition coefficient (Wildman–Crippen LogP) is 1.32. The largest absolute Gasteiger partial charge is 0.466 e. The average molecular weight is 232 g/mol. The normalized spacial score (nSPS) is 8.50. The predicted molar refractivity (Wildman–Crippen MR) is 60.0 cm³/mol. The summed E-state index contributed by atoms with van der Waals surface area (Å²) < 4.78 is 13.7. The number of esters is 2. The van der Waals surface area contributed by atoms with Crippen LogP contribution in [0.1, 0.15) is 20.8 Å². The number of hydrogen-bond donors (Lipinski definition) is 0. The maximum atomic E-state index is 10.6. The van der Waals surface area contributed by atoms with Crippen molar-refractivity contribution in [1.29, 1.82) is 0 Å². The number of ether oxygens (including phenoxy) is 3. The summed E-state index contributed by atoms with van der Waals surface area (Å²) in [6, 6.07) is 0. The van der Waals surface area contributed by atoms with E-state index in [1.165, 1.54) is 6.92 Å². The Labute approximate surface area is 96.4 Å². The molecule has 16 heavy (non-hydrogen) atoms. The molecule has 0 bridgehead atoms. The molecule has 5 heteroatoms. The van der Waals surface area contributed by atoms with Gasteiger partial charge in [0.05, 0.1) is 13.2 Å². The molecule has 0 aliphatic heterocycles. The lowest BCUT2D eigenvalue weighted by molar-refractivity contribution is -0.141. The Bertz CT molecular complexity index is 222. The Morgan fingerprint density at radius 3 is 1.94 bits per heavy atom. The monoisotopic (exact) mass is 232 g/mol. The van der Waals surface area contributed by atoms with E-state index in [0.29, 0.717) is 25.4 Å². The van der Waals surface area contributed by atoms with Crippen molar-refractivity contribution in [3.8, 4) is 0 Å². The highest BCUT2D eigenvalue weighted by atomic mass is 16.6. The van der Waals surface area contributed by atoms with Crippen LogP contribution in [0.15, 0.2) is 12.2 Å². The fourth-order valence-electron chi connectivity index (χ4n) is 0.544. The molecule has 0 heterocycles. The zero-order valence-electron chi connectivity index (χ0n) is 10.4. The summed E-state index contributed by atoms with van der Waals surface area (Å²) in [5.74, 6) is -0.574. The molecule has 0 unspecified atom stereocenters. The molecule has 0 radical (unpaired) electrons. The molecule has 0 atom stereocenters. The fraction of sp³-hybridized carbons (Fsp3) is 0.636. The van der Waals surface area contributed by atoms with E-state index in [2.05, 4.69) is 20.8 Å². The van der Waals surface area contributed by atoms with Gasteiger partial charge in [-0.25, -0.2) is 4.79 Å². The summed E-state index contributed by atoms with van der Waals surface area (Å²) in [5, 5.41) is 0. The number of carbonyl (C=O) groups is 2. The minimum Gasteiger partial charge on any atom is -0.466 e. The molecule has 0 saturated heterocycles. The van der Waals surface area contributed by atoms with E-state index in [0.717, 1.165) is 0 Å². The molecule has 0 N–H and O–H groups in total. The van der Waals surface area contributed by atoms with Gasteiger partial charge in [0.25, 0.3) is 0 Å². The maximum Gasteiger partial charge on any atom is 0.333 e. The SMILES string of the molecule is C=C(C)C(=O)OCCOC.CCOC(C)=O. The van der Waals surface area contributed by atoms with Crippen LogP contribution in [0.2, 0.25) is 0 Å². The lowest BCUT2D eigenvalue weighted by Crippen LogP contribution is -2.09. The van der Waals surface area contributed by atoms with Gasteiger partial charge in [0.2, 0.25) is 0 Å². The second-order valence-electron chi connectivity index (χ2n) is 2.83. The Morgan fingerprint density at radius 2 is 1.69 bits per heavy atom. The van der Waals surface area contributed by atoms with Crippen LogP contribution in [-0.2, 0) is 23.8 Å². The summed E-state index contributed by atoms with van der Waals surface area (Å²) in [5.41, 5.74) is 0.413. The maximum absolute atomic E-state index is 10.6. The van der Waals surface area contributed by atoms with Crippen LogP contribution in [0, 0.1) is 0 Å². The zero-order valence-corrected chi connectivity index (χ0v) is 10.4. The Hall–Kier alpha value is -1.36. The summed E-state index contributed by atoms with van der Waals surface area (Å²) in [6.07, 6.45) is 0. The van der Waals surface area contributed by atoms with Gasteiger partial charge in [0.1, 0.15) is 6.61 Å². The van der Waals surface area contributed by atoms with Gasteiger partial charge in [0, 0.05) is 19.6 Å². The highest BCUT2D eigenvalue weighted by molar-refractivity contribution is 5.86. The second kappa shape index (κ2) is 11.7. The van der Waals surface area contributed by atoms with Crippen molar-refractivity contribution in [2.24, 2.45) is 0 Å². The van der Waals surface area contributed by atoms with Gasteiger partial charge < -0.3 is 14.2 Å². The quantitative estimate of drug-likeness (QED) is 0.406. The van der Waals surface area contributed by atoms with Crippen molar-refractivity contribution < 1.29 is 23.8 Å². The molecule has 0 aliphatic rings. The zero-order chi connectivity index (χ0) is 13.0. The topological polar surface area (TPSA) is 61.8 Å². The molecule has 0 fully saturated rings. The Balaban J connectivity index is 0. The van der Waals surface area contributed by atoms with Crippen LogP contribution in [0.4, 0.5) is 0 Å². The summed E-state index contributed by atoms with van der Waals surface area (Å²) in [4.78, 5) is 20.5. The molecule has 0 amide bonds. The molecule has 0 aromatic carbocycles. The third-order valence-corrected chi connectivity index (χ3v) is 1.22. The third-order valence-electron chi connectivity index (χ3n) is 1.22. The molecule has 5 nitrogen and oxygen atoms in total. The van der Waals surface area contributed by atoms with Crippen molar-refractivity contribution in [2.75, 3.05) is 26.9 Å². The van der Waals surface area contributed by atoms with Crippen LogP contribution < -0.4 is 0 Å². The average Bonchev–Trinajstić information content (AvgIpc) is 2.18. The van der Waals surface area contributed by atoms with E-state index >= 15 is 0 Å². The van der Waals surface area contributed by atoms with Gasteiger partial charge in [-0.1, -0.05) is 6.58 Å². The lowest BCUT2D eigenvalue weighted by atomic mass is 10.4. The van der Waals surface area contributed by atoms with Crippen molar-refractivity contribution in [2.45, 2.75) is 20.8 Å². The number of rotatable bonds is 5. The van der Waals surface area contributed by atoms with Crippen LogP contribution in [-0.4, -0.2) is 38.9 Å². The van der Waals surface area contributed by atoms with E-state index in [-0.39, 0.29) is 11.9 Å². The summed E-state index contributed by atoms with van der Waals surface area (Å²) >= 11 is 0. The third kappa shape index (κ3) is 15.1. The first kappa shape index (κ1) is 17.0. The first-order valence-corrected chi connectivity index (χ1v) is 4.90. The molecular weight excluding hydrogens is 212 g/mol. The fourth-order valence-corrected chi connectivity index (χ4v) is 0.544. The van der Waals surface area contributed by atoms with E-state index in [1.807, 2.05) is 0 Å². The standard InChI is InChI=1S/C7H12O3.C4H8O2/c1-6(2)7(8)10-5-4-9-3;1-3-6-4(2)5/h1,4-5H2,2-3H3;3H2,1-2H3. The Kier molecular flexibility index (Phi) is 12.5. The smallest absolute Gasteiger partial charge is 0.333 e. The van der Waals surface area contributed by atoms with Crippen LogP contribution >= 0.6 is 0 Å². The molecule has 0 rings (SSSR count). The molecule has 0 aromatic rings. The van der Waals surface area contributed by atoms with E-state index in [9.17, 15) is 9.59 Å². The molecular formula is C11H20O5. The Morgan fingerprint density at radius 1 is 1.12 bits per heavy atom. The van der Waals surface area contributed by atoms with Crippen molar-refractivity contribution in [1.82, 2.24) is 0 Å². The highest BCUT2D eigenvalue weighted by Gasteiger charge is 2.00. The van der Waals surface area contributed by atoms with E-state index < -0.39 is 0 Å². The minimum absolute atomic E-state index is 0.211. The van der Waals surface area contributed by atoms with Crippen molar-refractivity contribution in [3.05, 3.63) is 12.2 Å². The molecule has 0 spiro atoms. The van der Waals surface area contributed by atoms with Gasteiger partial charge >= 0.3 is 11.9 Å². The minimum atomic E-state index is -0.364. The van der Waals surface area contributed by atoms with Gasteiger partial charge in [-0.05, 0) is 13.8 Å². The second-order valence-corrected chi connectivity index (χ2v) is 2.83. The molecule has 0 aromatic heterocycles. The molecule has 94 valence electrons. The highest BCUT2D eigenvalue weighted by Crippen LogP contribution is 1.90. The van der Waals surface area contributed by atoms with E-state index in [4.69, 9.17) is 0 Å². The number of methoxy groups -OCH3 is 1. The number of hydrogen-bond acceptors (Lipinski definition) is 5. The van der Waals surface area contributed by atoms with Gasteiger partial charge in [-0.3, -0.25) is 4.79 Å². The van der Waals surface area contributed by atoms with Gasteiger partial charge in [-0.2, -0.15) is 0 Å². The van der Waals surface area contributed by atoms with Crippen LogP contribution in [0.5, 0.6) is 0 Å². The first-order chi connectivity index (χ1) is 7.45. The van der Waals surface area contributed by atoms with Gasteiger partial charge in [-0.15, -0.1) is 0 Å². The van der Waals surface area contributed by atoms with Crippen LogP contribution in [0.25, 0.3) is 0 Å². The molecule has 0 aliphatic carbocycles.